The van der Waals surface area contributed by atoms with Crippen molar-refractivity contribution in [1.82, 2.24) is 0 Å². The zero-order valence-electron chi connectivity index (χ0n) is 6.87. The highest BCUT2D eigenvalue weighted by atomic mass is 32.2. The van der Waals surface area contributed by atoms with Gasteiger partial charge in [-0.25, -0.2) is 0 Å². The summed E-state index contributed by atoms with van der Waals surface area (Å²) < 4.78 is 22.1. The maximum absolute atomic E-state index is 11.1. The predicted molar refractivity (Wildman–Crippen MR) is 51.9 cm³/mol. The van der Waals surface area contributed by atoms with Crippen LogP contribution in [0.25, 0.3) is 0 Å². The van der Waals surface area contributed by atoms with Crippen molar-refractivity contribution in [2.45, 2.75) is 0 Å². The molecule has 0 spiro atoms. The van der Waals surface area contributed by atoms with Crippen LogP contribution in [0.3, 0.4) is 0 Å². The Morgan fingerprint density at radius 1 is 0.800 bits per heavy atom. The van der Waals surface area contributed by atoms with Crippen molar-refractivity contribution in [2.24, 2.45) is 0 Å². The molecule has 0 saturated carbocycles. The second-order valence-corrected chi connectivity index (χ2v) is 9.50. The van der Waals surface area contributed by atoms with E-state index >= 15 is 0 Å². The molecule has 0 N–H and O–H groups in total. The Labute approximate surface area is 64.6 Å². The normalized spacial score (nSPS) is 17.6. The lowest BCUT2D eigenvalue weighted by Crippen LogP contribution is -2.05. The van der Waals surface area contributed by atoms with Crippen LogP contribution in [0.2, 0.25) is 0 Å². The SMILES string of the molecule is C[SH](C)(=O)C=C[SH](C)(C)=O. The van der Waals surface area contributed by atoms with Gasteiger partial charge in [-0.05, 0) is 35.8 Å². The molecule has 0 unspecified atom stereocenters. The average Bonchev–Trinajstić information content (AvgIpc) is 1.57. The van der Waals surface area contributed by atoms with Gasteiger partial charge in [0.25, 0.3) is 0 Å². The summed E-state index contributed by atoms with van der Waals surface area (Å²) in [5.74, 6) is 0. The van der Waals surface area contributed by atoms with Gasteiger partial charge in [0.2, 0.25) is 0 Å². The van der Waals surface area contributed by atoms with Gasteiger partial charge in [-0.2, -0.15) is 0 Å². The third kappa shape index (κ3) is 8.04. The Hall–Kier alpha value is 0.0400. The van der Waals surface area contributed by atoms with E-state index in [0.717, 1.165) is 0 Å². The lowest BCUT2D eigenvalue weighted by atomic mass is 11.2. The summed E-state index contributed by atoms with van der Waals surface area (Å²) in [5, 5.41) is 3.13. The molecule has 0 bridgehead atoms. The van der Waals surface area contributed by atoms with E-state index in [4.69, 9.17) is 0 Å². The minimum Gasteiger partial charge on any atom is -0.281 e. The molecule has 0 amide bonds. The van der Waals surface area contributed by atoms with Gasteiger partial charge in [0.1, 0.15) is 0 Å². The molecule has 0 aliphatic rings. The quantitative estimate of drug-likeness (QED) is 0.593. The molecule has 0 aromatic heterocycles. The maximum Gasteiger partial charge on any atom is -0.00718 e. The van der Waals surface area contributed by atoms with Crippen LogP contribution in [-0.2, 0) is 19.9 Å². The van der Waals surface area contributed by atoms with E-state index in [1.807, 2.05) is 0 Å². The summed E-state index contributed by atoms with van der Waals surface area (Å²) in [6.07, 6.45) is 6.61. The van der Waals surface area contributed by atoms with E-state index in [2.05, 4.69) is 0 Å². The smallest absolute Gasteiger partial charge is 0.00718 e. The van der Waals surface area contributed by atoms with Crippen molar-refractivity contribution < 1.29 is 8.42 Å². The number of hydrogen-bond donors (Lipinski definition) is 2. The van der Waals surface area contributed by atoms with Crippen LogP contribution in [0.4, 0.5) is 0 Å². The van der Waals surface area contributed by atoms with Crippen molar-refractivity contribution in [1.29, 1.82) is 0 Å². The largest absolute Gasteiger partial charge is 0.281 e. The van der Waals surface area contributed by atoms with Gasteiger partial charge in [-0.15, -0.1) is 0 Å². The molecule has 2 nitrogen and oxygen atoms in total. The zero-order valence-corrected chi connectivity index (χ0v) is 8.65. The zero-order chi connectivity index (χ0) is 8.41. The first-order valence-corrected chi connectivity index (χ1v) is 8.34. The summed E-state index contributed by atoms with van der Waals surface area (Å²) in [6.45, 7) is 0. The number of hydrogen-bond acceptors (Lipinski definition) is 2. The fourth-order valence-electron chi connectivity index (χ4n) is 0.321. The minimum absolute atomic E-state index is 1.56. The van der Waals surface area contributed by atoms with Gasteiger partial charge in [0.15, 0.2) is 0 Å². The van der Waals surface area contributed by atoms with E-state index in [9.17, 15) is 8.42 Å². The highest BCUT2D eigenvalue weighted by Crippen LogP contribution is 2.00. The fourth-order valence-corrected chi connectivity index (χ4v) is 2.89. The molecule has 0 aliphatic carbocycles. The molecule has 0 fully saturated rings. The van der Waals surface area contributed by atoms with Gasteiger partial charge in [0.05, 0.1) is 0 Å². The van der Waals surface area contributed by atoms with Crippen molar-refractivity contribution >= 4 is 19.9 Å². The molecule has 0 atom stereocenters. The third-order valence-corrected chi connectivity index (χ3v) is 2.75. The number of thiol groups is 2. The standard InChI is InChI=1S/C6H16O2S2/c1-9(2,7)5-6-10(3,4)8/h5-6,9-10H,1-4H3. The molecule has 0 aromatic rings. The van der Waals surface area contributed by atoms with Crippen LogP contribution in [-0.4, -0.2) is 33.4 Å². The first-order valence-electron chi connectivity index (χ1n) is 3.00. The van der Waals surface area contributed by atoms with Gasteiger partial charge < -0.3 is 0 Å². The van der Waals surface area contributed by atoms with E-state index in [1.165, 1.54) is 0 Å². The lowest BCUT2D eigenvalue weighted by Gasteiger charge is -2.07. The molecule has 10 heavy (non-hydrogen) atoms. The Kier molecular flexibility index (Phi) is 2.98. The van der Waals surface area contributed by atoms with Crippen LogP contribution in [0.1, 0.15) is 0 Å². The molecule has 0 aromatic carbocycles. The molecule has 4 heteroatoms. The molecule has 0 saturated heterocycles. The van der Waals surface area contributed by atoms with E-state index in [0.29, 0.717) is 0 Å². The van der Waals surface area contributed by atoms with Gasteiger partial charge in [-0.1, -0.05) is 19.9 Å². The molecule has 0 heterocycles. The summed E-state index contributed by atoms with van der Waals surface area (Å²) in [7, 11) is -4.23. The first-order chi connectivity index (χ1) is 4.21. The van der Waals surface area contributed by atoms with E-state index < -0.39 is 19.9 Å². The van der Waals surface area contributed by atoms with E-state index in [-0.39, 0.29) is 0 Å². The molecule has 0 radical (unpaired) electrons. The Morgan fingerprint density at radius 2 is 1.00 bits per heavy atom. The van der Waals surface area contributed by atoms with Crippen LogP contribution >= 0.6 is 0 Å². The summed E-state index contributed by atoms with van der Waals surface area (Å²) in [4.78, 5) is 0. The van der Waals surface area contributed by atoms with Gasteiger partial charge in [0, 0.05) is 0 Å². The molecular weight excluding hydrogens is 168 g/mol. The van der Waals surface area contributed by atoms with Crippen LogP contribution in [0.15, 0.2) is 10.8 Å². The topological polar surface area (TPSA) is 34.1 Å². The lowest BCUT2D eigenvalue weighted by molar-refractivity contribution is 0.681. The molecule has 64 valence electrons. The minimum atomic E-state index is -2.11. The molecule has 0 rings (SSSR count). The van der Waals surface area contributed by atoms with Crippen molar-refractivity contribution in [3.63, 3.8) is 0 Å². The van der Waals surface area contributed by atoms with E-state index in [1.54, 1.807) is 35.8 Å². The van der Waals surface area contributed by atoms with Crippen LogP contribution in [0, 0.1) is 0 Å². The second kappa shape index (κ2) is 2.96. The second-order valence-electron chi connectivity index (χ2n) is 3.17. The Bertz CT molecular complexity index is 194. The van der Waals surface area contributed by atoms with Crippen molar-refractivity contribution in [3.05, 3.63) is 10.8 Å². The fraction of sp³-hybridized carbons (Fsp3) is 0.667. The Balaban J connectivity index is 4.31. The van der Waals surface area contributed by atoms with Crippen LogP contribution < -0.4 is 0 Å². The average molecular weight is 184 g/mol. The van der Waals surface area contributed by atoms with Crippen molar-refractivity contribution in [3.8, 4) is 0 Å². The highest BCUT2D eigenvalue weighted by Gasteiger charge is 1.96. The maximum atomic E-state index is 11.1. The predicted octanol–water partition coefficient (Wildman–Crippen LogP) is 0.0102. The van der Waals surface area contributed by atoms with Gasteiger partial charge >= 0.3 is 0 Å². The number of rotatable bonds is 2. The Morgan fingerprint density at radius 3 is 1.10 bits per heavy atom. The summed E-state index contributed by atoms with van der Waals surface area (Å²) in [5.41, 5.74) is 0. The summed E-state index contributed by atoms with van der Waals surface area (Å²) >= 11 is 0. The first kappa shape index (κ1) is 10.0. The van der Waals surface area contributed by atoms with Crippen LogP contribution in [0.5, 0.6) is 0 Å². The summed E-state index contributed by atoms with van der Waals surface area (Å²) in [6, 6.07) is 0. The molecule has 0 aliphatic heterocycles. The van der Waals surface area contributed by atoms with Gasteiger partial charge in [-0.3, -0.25) is 8.42 Å². The van der Waals surface area contributed by atoms with Crippen molar-refractivity contribution in [2.75, 3.05) is 25.0 Å². The third-order valence-electron chi connectivity index (χ3n) is 0.785. The monoisotopic (exact) mass is 184 g/mol. The molecular formula is C6H16O2S2. The highest BCUT2D eigenvalue weighted by molar-refractivity contribution is 8.07.